The van der Waals surface area contributed by atoms with Crippen molar-refractivity contribution in [2.75, 3.05) is 38.7 Å². The summed E-state index contributed by atoms with van der Waals surface area (Å²) in [5, 5.41) is 6.71. The van der Waals surface area contributed by atoms with Gasteiger partial charge in [0.1, 0.15) is 9.84 Å². The summed E-state index contributed by atoms with van der Waals surface area (Å²) in [5.41, 5.74) is -0.135. The third kappa shape index (κ3) is 6.74. The fraction of sp³-hybridized carbons (Fsp3) is 0.895. The van der Waals surface area contributed by atoms with Gasteiger partial charge in [-0.1, -0.05) is 19.3 Å². The summed E-state index contributed by atoms with van der Waals surface area (Å²) in [4.78, 5) is 19.0. The first-order valence-electron chi connectivity index (χ1n) is 10.2. The van der Waals surface area contributed by atoms with E-state index in [2.05, 4.69) is 15.6 Å². The molecule has 3 fully saturated rings. The molecule has 7 nitrogen and oxygen atoms in total. The van der Waals surface area contributed by atoms with Gasteiger partial charge in [0.15, 0.2) is 5.96 Å². The number of rotatable bonds is 6. The highest BCUT2D eigenvalue weighted by Gasteiger charge is 2.45. The molecule has 28 heavy (non-hydrogen) atoms. The number of hydrogen-bond donors (Lipinski definition) is 2. The molecule has 2 aliphatic carbocycles. The fourth-order valence-electron chi connectivity index (χ4n) is 4.45. The molecule has 0 aromatic rings. The average molecular weight is 526 g/mol. The summed E-state index contributed by atoms with van der Waals surface area (Å²) < 4.78 is 23.2. The van der Waals surface area contributed by atoms with Crippen LogP contribution in [0.3, 0.4) is 0 Å². The number of carbonyl (C=O) groups is 1. The lowest BCUT2D eigenvalue weighted by atomic mass is 9.88. The number of nitrogens with zero attached hydrogens (tertiary/aromatic N) is 2. The van der Waals surface area contributed by atoms with Crippen LogP contribution in [0.15, 0.2) is 4.99 Å². The second-order valence-electron chi connectivity index (χ2n) is 8.74. The van der Waals surface area contributed by atoms with Gasteiger partial charge in [0.25, 0.3) is 0 Å². The lowest BCUT2D eigenvalue weighted by Gasteiger charge is -2.26. The summed E-state index contributed by atoms with van der Waals surface area (Å²) >= 11 is 0. The van der Waals surface area contributed by atoms with Crippen LogP contribution in [0.2, 0.25) is 0 Å². The standard InChI is InChI=1S/C19H34N4O3S.HI/c1-20-18(21-13-19(9-10-19)14-27(2,25)26)22-16-8-11-23(12-16)17(24)15-6-4-3-5-7-15;/h15-16H,3-14H2,1-2H3,(H2,20,21,22);1H. The highest BCUT2D eigenvalue weighted by molar-refractivity contribution is 14.0. The van der Waals surface area contributed by atoms with E-state index in [0.717, 1.165) is 45.2 Å². The average Bonchev–Trinajstić information content (AvgIpc) is 3.22. The van der Waals surface area contributed by atoms with Crippen molar-refractivity contribution < 1.29 is 13.2 Å². The number of nitrogens with one attached hydrogen (secondary N) is 2. The zero-order valence-corrected chi connectivity index (χ0v) is 20.2. The van der Waals surface area contributed by atoms with Gasteiger partial charge in [0.2, 0.25) is 5.91 Å². The smallest absolute Gasteiger partial charge is 0.225 e. The minimum absolute atomic E-state index is 0. The molecule has 3 rings (SSSR count). The predicted octanol–water partition coefficient (Wildman–Crippen LogP) is 1.78. The van der Waals surface area contributed by atoms with Crippen LogP contribution in [0.4, 0.5) is 0 Å². The van der Waals surface area contributed by atoms with Crippen LogP contribution in [0.5, 0.6) is 0 Å². The van der Waals surface area contributed by atoms with Crippen molar-refractivity contribution in [1.29, 1.82) is 0 Å². The quantitative estimate of drug-likeness (QED) is 0.313. The van der Waals surface area contributed by atoms with Crippen molar-refractivity contribution in [2.45, 2.75) is 57.4 Å². The minimum Gasteiger partial charge on any atom is -0.356 e. The molecule has 0 spiro atoms. The number of guanidine groups is 1. The van der Waals surface area contributed by atoms with E-state index in [9.17, 15) is 13.2 Å². The van der Waals surface area contributed by atoms with Gasteiger partial charge in [0, 0.05) is 50.3 Å². The van der Waals surface area contributed by atoms with Crippen LogP contribution in [0.25, 0.3) is 0 Å². The van der Waals surface area contributed by atoms with Crippen molar-refractivity contribution in [3.63, 3.8) is 0 Å². The molecular weight excluding hydrogens is 491 g/mol. The number of hydrogen-bond acceptors (Lipinski definition) is 4. The molecule has 0 aromatic heterocycles. The Morgan fingerprint density at radius 1 is 1.18 bits per heavy atom. The molecular formula is C19H35IN4O3S. The molecule has 1 aliphatic heterocycles. The van der Waals surface area contributed by atoms with E-state index in [0.29, 0.717) is 18.4 Å². The Labute approximate surface area is 186 Å². The molecule has 2 saturated carbocycles. The van der Waals surface area contributed by atoms with E-state index < -0.39 is 9.84 Å². The lowest BCUT2D eigenvalue weighted by molar-refractivity contribution is -0.135. The van der Waals surface area contributed by atoms with Crippen molar-refractivity contribution in [1.82, 2.24) is 15.5 Å². The van der Waals surface area contributed by atoms with E-state index >= 15 is 0 Å². The molecule has 3 aliphatic rings. The van der Waals surface area contributed by atoms with Gasteiger partial charge in [-0.25, -0.2) is 8.42 Å². The summed E-state index contributed by atoms with van der Waals surface area (Å²) in [6.45, 7) is 2.16. The van der Waals surface area contributed by atoms with Gasteiger partial charge in [-0.15, -0.1) is 24.0 Å². The monoisotopic (exact) mass is 526 g/mol. The summed E-state index contributed by atoms with van der Waals surface area (Å²) in [6.07, 6.45) is 9.81. The molecule has 1 atom stereocenters. The molecule has 9 heteroatoms. The number of sulfone groups is 1. The van der Waals surface area contributed by atoms with Crippen molar-refractivity contribution in [3.05, 3.63) is 0 Å². The lowest BCUT2D eigenvalue weighted by Crippen LogP contribution is -2.47. The van der Waals surface area contributed by atoms with Gasteiger partial charge < -0.3 is 15.5 Å². The second-order valence-corrected chi connectivity index (χ2v) is 10.9. The number of amides is 1. The molecule has 0 radical (unpaired) electrons. The normalized spacial score (nSPS) is 25.1. The first kappa shape index (κ1) is 23.7. The molecule has 1 unspecified atom stereocenters. The molecule has 1 heterocycles. The van der Waals surface area contributed by atoms with Gasteiger partial charge in [-0.05, 0) is 32.1 Å². The van der Waals surface area contributed by atoms with Gasteiger partial charge in [-0.2, -0.15) is 0 Å². The Bertz CT molecular complexity index is 673. The van der Waals surface area contributed by atoms with E-state index in [1.807, 2.05) is 4.90 Å². The van der Waals surface area contributed by atoms with Crippen molar-refractivity contribution in [2.24, 2.45) is 16.3 Å². The van der Waals surface area contributed by atoms with E-state index in [1.54, 1.807) is 7.05 Å². The number of halogens is 1. The maximum Gasteiger partial charge on any atom is 0.225 e. The highest BCUT2D eigenvalue weighted by Crippen LogP contribution is 2.46. The summed E-state index contributed by atoms with van der Waals surface area (Å²) in [6, 6.07) is 0.203. The molecule has 2 N–H and O–H groups in total. The summed E-state index contributed by atoms with van der Waals surface area (Å²) in [7, 11) is -1.24. The third-order valence-electron chi connectivity index (χ3n) is 6.18. The number of likely N-dealkylation sites (tertiary alicyclic amines) is 1. The zero-order chi connectivity index (χ0) is 19.5. The topological polar surface area (TPSA) is 90.9 Å². The Balaban J connectivity index is 0.00000280. The SMILES string of the molecule is CN=C(NCC1(CS(C)(=O)=O)CC1)NC1CCN(C(=O)C2CCCCC2)C1.I. The number of aliphatic imine (C=N–C) groups is 1. The van der Waals surface area contributed by atoms with Crippen LogP contribution in [-0.2, 0) is 14.6 Å². The van der Waals surface area contributed by atoms with Crippen LogP contribution >= 0.6 is 24.0 Å². The molecule has 1 amide bonds. The fourth-order valence-corrected chi connectivity index (χ4v) is 5.95. The maximum absolute atomic E-state index is 12.7. The maximum atomic E-state index is 12.7. The van der Waals surface area contributed by atoms with Gasteiger partial charge in [-0.3, -0.25) is 9.79 Å². The predicted molar refractivity (Wildman–Crippen MR) is 123 cm³/mol. The first-order valence-corrected chi connectivity index (χ1v) is 12.3. The van der Waals surface area contributed by atoms with E-state index in [4.69, 9.17) is 0 Å². The van der Waals surface area contributed by atoms with Crippen molar-refractivity contribution >= 4 is 45.7 Å². The molecule has 162 valence electrons. The molecule has 0 bridgehead atoms. The first-order chi connectivity index (χ1) is 12.8. The Hall–Kier alpha value is -0.580. The molecule has 0 aromatic carbocycles. The summed E-state index contributed by atoms with van der Waals surface area (Å²) in [5.74, 6) is 1.48. The number of carbonyl (C=O) groups excluding carboxylic acids is 1. The Morgan fingerprint density at radius 3 is 2.43 bits per heavy atom. The highest BCUT2D eigenvalue weighted by atomic mass is 127. The van der Waals surface area contributed by atoms with Crippen LogP contribution < -0.4 is 10.6 Å². The minimum atomic E-state index is -2.97. The largest absolute Gasteiger partial charge is 0.356 e. The second kappa shape index (κ2) is 9.95. The Kier molecular flexibility index (Phi) is 8.42. The third-order valence-corrected chi connectivity index (χ3v) is 7.31. The van der Waals surface area contributed by atoms with Crippen LogP contribution in [0.1, 0.15) is 51.4 Å². The van der Waals surface area contributed by atoms with E-state index in [-0.39, 0.29) is 47.1 Å². The van der Waals surface area contributed by atoms with Crippen LogP contribution in [0, 0.1) is 11.3 Å². The van der Waals surface area contributed by atoms with E-state index in [1.165, 1.54) is 25.5 Å². The van der Waals surface area contributed by atoms with Gasteiger partial charge in [0.05, 0.1) is 5.75 Å². The Morgan fingerprint density at radius 2 is 1.86 bits per heavy atom. The van der Waals surface area contributed by atoms with Gasteiger partial charge >= 0.3 is 0 Å². The van der Waals surface area contributed by atoms with Crippen molar-refractivity contribution in [3.8, 4) is 0 Å². The molecule has 1 saturated heterocycles. The zero-order valence-electron chi connectivity index (χ0n) is 17.1. The van der Waals surface area contributed by atoms with Crippen LogP contribution in [-0.4, -0.2) is 69.9 Å².